The van der Waals surface area contributed by atoms with Crippen LogP contribution in [0.1, 0.15) is 0 Å². The van der Waals surface area contributed by atoms with Crippen LogP contribution >= 0.6 is 11.3 Å². The number of fused-ring (bicyclic) bond motifs is 1. The molecule has 2 nitrogen and oxygen atoms in total. The number of hydrogen-bond acceptors (Lipinski definition) is 3. The molecule has 1 aromatic carbocycles. The van der Waals surface area contributed by atoms with E-state index in [1.165, 1.54) is 4.70 Å². The monoisotopic (exact) mass is 178 g/mol. The molecule has 0 radical (unpaired) electrons. The SMILES string of the molecule is OB(O)c1ccc2sccc2c1. The van der Waals surface area contributed by atoms with E-state index in [0.29, 0.717) is 5.46 Å². The summed E-state index contributed by atoms with van der Waals surface area (Å²) in [5, 5.41) is 20.8. The standard InChI is InChI=1S/C8H7BO2S/c10-9(11)7-1-2-8-6(5-7)3-4-12-8/h1-5,10-11H. The molecule has 0 amide bonds. The molecule has 4 heteroatoms. The van der Waals surface area contributed by atoms with Gasteiger partial charge in [-0.25, -0.2) is 0 Å². The van der Waals surface area contributed by atoms with Crippen molar-refractivity contribution < 1.29 is 10.0 Å². The van der Waals surface area contributed by atoms with E-state index in [-0.39, 0.29) is 0 Å². The van der Waals surface area contributed by atoms with Gasteiger partial charge in [0.25, 0.3) is 0 Å². The highest BCUT2D eigenvalue weighted by molar-refractivity contribution is 7.17. The summed E-state index contributed by atoms with van der Waals surface area (Å²) in [6, 6.07) is 7.38. The molecule has 0 fully saturated rings. The summed E-state index contributed by atoms with van der Waals surface area (Å²) in [5.74, 6) is 0. The second-order valence-corrected chi connectivity index (χ2v) is 3.54. The molecule has 0 bridgehead atoms. The highest BCUT2D eigenvalue weighted by Gasteiger charge is 2.10. The average molecular weight is 178 g/mol. The fourth-order valence-corrected chi connectivity index (χ4v) is 1.92. The Bertz CT molecular complexity index is 397. The minimum absolute atomic E-state index is 0.543. The molecular formula is C8H7BO2S. The third kappa shape index (κ3) is 1.24. The lowest BCUT2D eigenvalue weighted by molar-refractivity contribution is 0.426. The predicted molar refractivity (Wildman–Crippen MR) is 51.7 cm³/mol. The van der Waals surface area contributed by atoms with E-state index in [9.17, 15) is 0 Å². The Morgan fingerprint density at radius 3 is 2.75 bits per heavy atom. The Kier molecular flexibility index (Phi) is 1.88. The minimum atomic E-state index is -1.37. The highest BCUT2D eigenvalue weighted by atomic mass is 32.1. The number of hydrogen-bond donors (Lipinski definition) is 2. The van der Waals surface area contributed by atoms with Crippen molar-refractivity contribution in [3.8, 4) is 0 Å². The van der Waals surface area contributed by atoms with Crippen LogP contribution in [-0.2, 0) is 0 Å². The Balaban J connectivity index is 2.60. The van der Waals surface area contributed by atoms with E-state index in [0.717, 1.165) is 5.39 Å². The minimum Gasteiger partial charge on any atom is -0.423 e. The molecule has 0 aliphatic rings. The maximum absolute atomic E-state index is 8.88. The second-order valence-electron chi connectivity index (χ2n) is 2.59. The van der Waals surface area contributed by atoms with Crippen LogP contribution in [0.15, 0.2) is 29.6 Å². The molecule has 1 aromatic heterocycles. The van der Waals surface area contributed by atoms with Crippen LogP contribution in [0.5, 0.6) is 0 Å². The Morgan fingerprint density at radius 2 is 2.00 bits per heavy atom. The van der Waals surface area contributed by atoms with Crippen molar-refractivity contribution in [1.29, 1.82) is 0 Å². The molecule has 0 aliphatic heterocycles. The van der Waals surface area contributed by atoms with Crippen molar-refractivity contribution in [2.75, 3.05) is 0 Å². The van der Waals surface area contributed by atoms with E-state index >= 15 is 0 Å². The molecule has 2 rings (SSSR count). The molecule has 0 spiro atoms. The van der Waals surface area contributed by atoms with Crippen molar-refractivity contribution in [3.05, 3.63) is 29.6 Å². The van der Waals surface area contributed by atoms with Crippen molar-refractivity contribution in [2.45, 2.75) is 0 Å². The molecule has 12 heavy (non-hydrogen) atoms. The molecule has 0 unspecified atom stereocenters. The Labute approximate surface area is 74.2 Å². The molecule has 60 valence electrons. The van der Waals surface area contributed by atoms with Crippen LogP contribution in [-0.4, -0.2) is 17.2 Å². The van der Waals surface area contributed by atoms with Crippen LogP contribution in [0.25, 0.3) is 10.1 Å². The van der Waals surface area contributed by atoms with Gasteiger partial charge in [-0.2, -0.15) is 0 Å². The molecule has 0 saturated carbocycles. The average Bonchev–Trinajstić information content (AvgIpc) is 2.49. The molecule has 1 heterocycles. The topological polar surface area (TPSA) is 40.5 Å². The first-order chi connectivity index (χ1) is 5.77. The summed E-state index contributed by atoms with van der Waals surface area (Å²) in [4.78, 5) is 0. The summed E-state index contributed by atoms with van der Waals surface area (Å²) >= 11 is 1.64. The van der Waals surface area contributed by atoms with E-state index in [4.69, 9.17) is 10.0 Å². The summed E-state index contributed by atoms with van der Waals surface area (Å²) in [7, 11) is -1.37. The van der Waals surface area contributed by atoms with Gasteiger partial charge in [-0.1, -0.05) is 12.1 Å². The molecule has 2 aromatic rings. The fraction of sp³-hybridized carbons (Fsp3) is 0. The van der Waals surface area contributed by atoms with Crippen molar-refractivity contribution in [2.24, 2.45) is 0 Å². The number of thiophene rings is 1. The van der Waals surface area contributed by atoms with E-state index < -0.39 is 7.12 Å². The lowest BCUT2D eigenvalue weighted by Crippen LogP contribution is -2.29. The van der Waals surface area contributed by atoms with Crippen molar-refractivity contribution >= 4 is 34.0 Å². The molecule has 0 aliphatic carbocycles. The summed E-state index contributed by atoms with van der Waals surface area (Å²) < 4.78 is 1.17. The van der Waals surface area contributed by atoms with E-state index in [1.807, 2.05) is 17.5 Å². The van der Waals surface area contributed by atoms with Gasteiger partial charge in [0.2, 0.25) is 0 Å². The first-order valence-corrected chi connectivity index (χ1v) is 4.48. The molecule has 0 atom stereocenters. The van der Waals surface area contributed by atoms with Gasteiger partial charge in [-0.05, 0) is 28.4 Å². The van der Waals surface area contributed by atoms with Gasteiger partial charge >= 0.3 is 7.12 Å². The van der Waals surface area contributed by atoms with Gasteiger partial charge in [0.1, 0.15) is 0 Å². The largest absolute Gasteiger partial charge is 0.488 e. The fourth-order valence-electron chi connectivity index (χ4n) is 1.15. The van der Waals surface area contributed by atoms with Crippen molar-refractivity contribution in [3.63, 3.8) is 0 Å². The van der Waals surface area contributed by atoms with Crippen LogP contribution in [0.3, 0.4) is 0 Å². The summed E-state index contributed by atoms with van der Waals surface area (Å²) in [6.45, 7) is 0. The maximum atomic E-state index is 8.88. The quantitative estimate of drug-likeness (QED) is 0.627. The molecular weight excluding hydrogens is 171 g/mol. The molecule has 0 saturated heterocycles. The zero-order chi connectivity index (χ0) is 8.55. The highest BCUT2D eigenvalue weighted by Crippen LogP contribution is 2.18. The number of benzene rings is 1. The third-order valence-corrected chi connectivity index (χ3v) is 2.67. The third-order valence-electron chi connectivity index (χ3n) is 1.77. The van der Waals surface area contributed by atoms with Crippen LogP contribution in [0, 0.1) is 0 Å². The van der Waals surface area contributed by atoms with E-state index in [2.05, 4.69) is 0 Å². The van der Waals surface area contributed by atoms with Gasteiger partial charge in [0.15, 0.2) is 0 Å². The van der Waals surface area contributed by atoms with Crippen LogP contribution < -0.4 is 5.46 Å². The second kappa shape index (κ2) is 2.90. The van der Waals surface area contributed by atoms with E-state index in [1.54, 1.807) is 23.5 Å². The van der Waals surface area contributed by atoms with Gasteiger partial charge in [-0.15, -0.1) is 11.3 Å². The lowest BCUT2D eigenvalue weighted by atomic mass is 9.80. The molecule has 2 N–H and O–H groups in total. The van der Waals surface area contributed by atoms with Gasteiger partial charge in [0.05, 0.1) is 0 Å². The van der Waals surface area contributed by atoms with Gasteiger partial charge in [-0.3, -0.25) is 0 Å². The van der Waals surface area contributed by atoms with Gasteiger partial charge in [0, 0.05) is 4.70 Å². The summed E-state index contributed by atoms with van der Waals surface area (Å²) in [6.07, 6.45) is 0. The lowest BCUT2D eigenvalue weighted by Gasteiger charge is -1.97. The first kappa shape index (κ1) is 7.80. The van der Waals surface area contributed by atoms with Crippen molar-refractivity contribution in [1.82, 2.24) is 0 Å². The smallest absolute Gasteiger partial charge is 0.423 e. The Hall–Kier alpha value is -0.835. The zero-order valence-electron chi connectivity index (χ0n) is 6.27. The maximum Gasteiger partial charge on any atom is 0.488 e. The van der Waals surface area contributed by atoms with Crippen LogP contribution in [0.4, 0.5) is 0 Å². The first-order valence-electron chi connectivity index (χ1n) is 3.60. The predicted octanol–water partition coefficient (Wildman–Crippen LogP) is 0.581. The zero-order valence-corrected chi connectivity index (χ0v) is 7.08. The Morgan fingerprint density at radius 1 is 1.17 bits per heavy atom. The number of rotatable bonds is 1. The normalized spacial score (nSPS) is 10.5. The van der Waals surface area contributed by atoms with Crippen LogP contribution in [0.2, 0.25) is 0 Å². The summed E-state index contributed by atoms with van der Waals surface area (Å²) in [5.41, 5.74) is 0.543. The van der Waals surface area contributed by atoms with Gasteiger partial charge < -0.3 is 10.0 Å².